The van der Waals surface area contributed by atoms with E-state index < -0.39 is 11.4 Å². The second-order valence-corrected chi connectivity index (χ2v) is 8.29. The van der Waals surface area contributed by atoms with Gasteiger partial charge in [0.2, 0.25) is 11.8 Å². The van der Waals surface area contributed by atoms with Crippen molar-refractivity contribution in [2.45, 2.75) is 20.8 Å². The first-order valence-corrected chi connectivity index (χ1v) is 9.35. The van der Waals surface area contributed by atoms with Crippen molar-refractivity contribution >= 4 is 29.2 Å². The Bertz CT molecular complexity index is 747. The molecule has 0 unspecified atom stereocenters. The Morgan fingerprint density at radius 3 is 2.21 bits per heavy atom. The minimum Gasteiger partial charge on any atom is -0.478 e. The largest absolute Gasteiger partial charge is 0.478 e. The number of amides is 2. The number of hydrogen-bond acceptors (Lipinski definition) is 5. The van der Waals surface area contributed by atoms with Gasteiger partial charge in [-0.1, -0.05) is 20.8 Å². The lowest BCUT2D eigenvalue weighted by molar-refractivity contribution is -0.130. The molecule has 0 spiro atoms. The van der Waals surface area contributed by atoms with Gasteiger partial charge < -0.3 is 20.2 Å². The summed E-state index contributed by atoms with van der Waals surface area (Å²) in [7, 11) is 3.48. The van der Waals surface area contributed by atoms with Gasteiger partial charge in [0.15, 0.2) is 0 Å². The van der Waals surface area contributed by atoms with Crippen LogP contribution in [0.25, 0.3) is 0 Å². The fourth-order valence-electron chi connectivity index (χ4n) is 2.82. The zero-order valence-corrected chi connectivity index (χ0v) is 17.3. The number of carboxylic acid groups (broad SMARTS) is 1. The number of carbonyl (C=O) groups is 3. The highest BCUT2D eigenvalue weighted by Gasteiger charge is 2.25. The minimum atomic E-state index is -1.08. The molecular formula is C20H30N4O4. The first-order valence-electron chi connectivity index (χ1n) is 9.35. The van der Waals surface area contributed by atoms with Gasteiger partial charge in [-0.15, -0.1) is 0 Å². The summed E-state index contributed by atoms with van der Waals surface area (Å²) in [6.45, 7) is 8.57. The van der Waals surface area contributed by atoms with Crippen molar-refractivity contribution in [3.63, 3.8) is 0 Å². The van der Waals surface area contributed by atoms with Gasteiger partial charge in [0.1, 0.15) is 0 Å². The quantitative estimate of drug-likeness (QED) is 0.793. The molecule has 0 aromatic heterocycles. The van der Waals surface area contributed by atoms with E-state index in [-0.39, 0.29) is 17.4 Å². The second kappa shape index (κ2) is 8.60. The molecule has 2 N–H and O–H groups in total. The predicted molar refractivity (Wildman–Crippen MR) is 109 cm³/mol. The van der Waals surface area contributed by atoms with Crippen LogP contribution in [0.4, 0.5) is 11.4 Å². The maximum Gasteiger partial charge on any atom is 0.337 e. The van der Waals surface area contributed by atoms with E-state index in [4.69, 9.17) is 0 Å². The topological polar surface area (TPSA) is 93.2 Å². The fraction of sp³-hybridized carbons (Fsp3) is 0.550. The average molecular weight is 390 g/mol. The molecule has 0 radical (unpaired) electrons. The highest BCUT2D eigenvalue weighted by atomic mass is 16.4. The number of likely N-dealkylation sites (N-methyl/N-ethyl adjacent to an activating group) is 1. The van der Waals surface area contributed by atoms with Gasteiger partial charge in [-0.2, -0.15) is 0 Å². The molecule has 0 bridgehead atoms. The van der Waals surface area contributed by atoms with Crippen LogP contribution in [-0.2, 0) is 9.59 Å². The number of carbonyl (C=O) groups excluding carboxylic acids is 2. The maximum atomic E-state index is 12.2. The highest BCUT2D eigenvalue weighted by Crippen LogP contribution is 2.26. The van der Waals surface area contributed by atoms with Gasteiger partial charge in [-0.25, -0.2) is 4.79 Å². The van der Waals surface area contributed by atoms with Gasteiger partial charge in [0.05, 0.1) is 17.8 Å². The lowest BCUT2D eigenvalue weighted by Gasteiger charge is -2.36. The predicted octanol–water partition coefficient (Wildman–Crippen LogP) is 1.58. The van der Waals surface area contributed by atoms with Crippen molar-refractivity contribution in [3.05, 3.63) is 23.8 Å². The Labute approximate surface area is 166 Å². The lowest BCUT2D eigenvalue weighted by atomic mass is 9.95. The molecule has 1 aromatic carbocycles. The zero-order chi connectivity index (χ0) is 21.1. The van der Waals surface area contributed by atoms with Crippen LogP contribution in [0.2, 0.25) is 0 Å². The van der Waals surface area contributed by atoms with Crippen molar-refractivity contribution in [2.75, 3.05) is 57.0 Å². The molecule has 2 rings (SSSR count). The van der Waals surface area contributed by atoms with Crippen LogP contribution in [-0.4, -0.2) is 79.5 Å². The lowest BCUT2D eigenvalue weighted by Crippen LogP contribution is -2.49. The molecule has 1 aliphatic heterocycles. The summed E-state index contributed by atoms with van der Waals surface area (Å²) in [5.74, 6) is -1.25. The third-order valence-corrected chi connectivity index (χ3v) is 4.76. The summed E-state index contributed by atoms with van der Waals surface area (Å²) in [6.07, 6.45) is 0. The Balaban J connectivity index is 2.09. The number of hydrogen-bond donors (Lipinski definition) is 2. The molecule has 1 heterocycles. The van der Waals surface area contributed by atoms with Gasteiger partial charge in [0, 0.05) is 51.4 Å². The smallest absolute Gasteiger partial charge is 0.337 e. The van der Waals surface area contributed by atoms with Crippen LogP contribution in [0.5, 0.6) is 0 Å². The molecule has 1 aliphatic rings. The Kier molecular flexibility index (Phi) is 6.66. The van der Waals surface area contributed by atoms with Crippen LogP contribution in [0, 0.1) is 5.41 Å². The number of anilines is 2. The summed E-state index contributed by atoms with van der Waals surface area (Å²) in [6, 6.07) is 5.07. The molecule has 1 fully saturated rings. The zero-order valence-electron chi connectivity index (χ0n) is 17.3. The molecule has 0 saturated carbocycles. The molecule has 28 heavy (non-hydrogen) atoms. The van der Waals surface area contributed by atoms with Crippen LogP contribution in [0.1, 0.15) is 31.1 Å². The highest BCUT2D eigenvalue weighted by molar-refractivity contribution is 6.02. The molecule has 0 atom stereocenters. The van der Waals surface area contributed by atoms with E-state index in [2.05, 4.69) is 15.1 Å². The number of rotatable bonds is 5. The summed E-state index contributed by atoms with van der Waals surface area (Å²) >= 11 is 0. The average Bonchev–Trinajstić information content (AvgIpc) is 2.61. The van der Waals surface area contributed by atoms with Crippen molar-refractivity contribution < 1.29 is 19.5 Å². The van der Waals surface area contributed by atoms with E-state index in [0.29, 0.717) is 25.3 Å². The third kappa shape index (κ3) is 5.45. The Morgan fingerprint density at radius 2 is 1.71 bits per heavy atom. The number of nitrogens with zero attached hydrogens (tertiary/aromatic N) is 3. The molecule has 8 heteroatoms. The van der Waals surface area contributed by atoms with Crippen LogP contribution in [0.15, 0.2) is 18.2 Å². The molecule has 154 valence electrons. The SMILES string of the molecule is CN(C)C(=O)CN1CCN(c2ccc(NC(=O)C(C)(C)C)c(C(=O)O)c2)CC1. The molecule has 1 aromatic rings. The fourth-order valence-corrected chi connectivity index (χ4v) is 2.82. The van der Waals surface area contributed by atoms with E-state index in [1.165, 1.54) is 0 Å². The third-order valence-electron chi connectivity index (χ3n) is 4.76. The van der Waals surface area contributed by atoms with Crippen molar-refractivity contribution in [2.24, 2.45) is 5.41 Å². The van der Waals surface area contributed by atoms with Gasteiger partial charge >= 0.3 is 5.97 Å². The van der Waals surface area contributed by atoms with E-state index >= 15 is 0 Å². The van der Waals surface area contributed by atoms with Gasteiger partial charge in [-0.05, 0) is 18.2 Å². The van der Waals surface area contributed by atoms with Crippen molar-refractivity contribution in [3.8, 4) is 0 Å². The number of benzene rings is 1. The van der Waals surface area contributed by atoms with Crippen LogP contribution < -0.4 is 10.2 Å². The molecular weight excluding hydrogens is 360 g/mol. The standard InChI is InChI=1S/C20H30N4O4/c1-20(2,3)19(28)21-16-7-6-14(12-15(16)18(26)27)24-10-8-23(9-11-24)13-17(25)22(4)5/h6-7,12H,8-11,13H2,1-5H3,(H,21,28)(H,26,27). The first kappa shape index (κ1) is 21.7. The van der Waals surface area contributed by atoms with Crippen LogP contribution >= 0.6 is 0 Å². The molecule has 1 saturated heterocycles. The number of piperazine rings is 1. The summed E-state index contributed by atoms with van der Waals surface area (Å²) in [5, 5.41) is 12.3. The van der Waals surface area contributed by atoms with Gasteiger partial charge in [0.25, 0.3) is 0 Å². The number of carboxylic acids is 1. The van der Waals surface area contributed by atoms with Crippen molar-refractivity contribution in [1.82, 2.24) is 9.80 Å². The Morgan fingerprint density at radius 1 is 1.11 bits per heavy atom. The van der Waals surface area contributed by atoms with E-state index in [1.807, 2.05) is 6.07 Å². The monoisotopic (exact) mass is 390 g/mol. The molecule has 0 aliphatic carbocycles. The van der Waals surface area contributed by atoms with Crippen LogP contribution in [0.3, 0.4) is 0 Å². The molecule has 2 amide bonds. The number of nitrogens with one attached hydrogen (secondary N) is 1. The van der Waals surface area contributed by atoms with E-state index in [0.717, 1.165) is 18.8 Å². The number of aromatic carboxylic acids is 1. The normalized spacial score (nSPS) is 15.2. The summed E-state index contributed by atoms with van der Waals surface area (Å²) in [5.41, 5.74) is 0.547. The second-order valence-electron chi connectivity index (χ2n) is 8.29. The van der Waals surface area contributed by atoms with E-state index in [1.54, 1.807) is 51.9 Å². The summed E-state index contributed by atoms with van der Waals surface area (Å²) < 4.78 is 0. The first-order chi connectivity index (χ1) is 13.0. The molecule has 8 nitrogen and oxygen atoms in total. The van der Waals surface area contributed by atoms with Crippen molar-refractivity contribution in [1.29, 1.82) is 0 Å². The summed E-state index contributed by atoms with van der Waals surface area (Å²) in [4.78, 5) is 41.5. The van der Waals surface area contributed by atoms with E-state index in [9.17, 15) is 19.5 Å². The van der Waals surface area contributed by atoms with Gasteiger partial charge in [-0.3, -0.25) is 14.5 Å². The minimum absolute atomic E-state index is 0.0697. The Hall–Kier alpha value is -2.61. The maximum absolute atomic E-state index is 12.2.